The van der Waals surface area contributed by atoms with E-state index >= 15 is 0 Å². The van der Waals surface area contributed by atoms with Gasteiger partial charge in [0.2, 0.25) is 0 Å². The second-order valence-electron chi connectivity index (χ2n) is 3.89. The van der Waals surface area contributed by atoms with E-state index < -0.39 is 0 Å². The maximum atomic E-state index is 9.02. The fourth-order valence-electron chi connectivity index (χ4n) is 1.76. The summed E-state index contributed by atoms with van der Waals surface area (Å²) in [7, 11) is 1.55. The zero-order chi connectivity index (χ0) is 13.4. The van der Waals surface area contributed by atoms with Crippen LogP contribution in [0.25, 0.3) is 0 Å². The van der Waals surface area contributed by atoms with Crippen LogP contribution in [0.1, 0.15) is 11.1 Å². The first-order valence-electron chi connectivity index (χ1n) is 5.76. The molecule has 0 aliphatic rings. The summed E-state index contributed by atoms with van der Waals surface area (Å²) in [6.07, 6.45) is 1.80. The van der Waals surface area contributed by atoms with Crippen LogP contribution in [-0.2, 0) is 6.54 Å². The summed E-state index contributed by atoms with van der Waals surface area (Å²) >= 11 is 0. The molecule has 0 aliphatic heterocycles. The Morgan fingerprint density at radius 1 is 1.56 bits per heavy atom. The zero-order valence-electron chi connectivity index (χ0n) is 10.6. The van der Waals surface area contributed by atoms with Gasteiger partial charge in [0.25, 0.3) is 0 Å². The smallest absolute Gasteiger partial charge is 0.136 e. The van der Waals surface area contributed by atoms with Gasteiger partial charge in [0, 0.05) is 19.6 Å². The van der Waals surface area contributed by atoms with Crippen LogP contribution in [-0.4, -0.2) is 36.8 Å². The van der Waals surface area contributed by atoms with Gasteiger partial charge < -0.3 is 9.84 Å². The molecule has 4 nitrogen and oxygen atoms in total. The SMILES string of the molecule is C=CCN(CCO)Cc1ccc(OC)c(C#N)c1. The highest BCUT2D eigenvalue weighted by molar-refractivity contribution is 5.45. The summed E-state index contributed by atoms with van der Waals surface area (Å²) in [5, 5.41) is 18.0. The molecule has 18 heavy (non-hydrogen) atoms. The van der Waals surface area contributed by atoms with Crippen LogP contribution in [0.5, 0.6) is 5.75 Å². The van der Waals surface area contributed by atoms with Crippen molar-refractivity contribution in [3.8, 4) is 11.8 Å². The first-order chi connectivity index (χ1) is 8.74. The van der Waals surface area contributed by atoms with Gasteiger partial charge in [-0.2, -0.15) is 5.26 Å². The van der Waals surface area contributed by atoms with Gasteiger partial charge in [0.1, 0.15) is 11.8 Å². The van der Waals surface area contributed by atoms with Gasteiger partial charge in [0.05, 0.1) is 19.3 Å². The lowest BCUT2D eigenvalue weighted by molar-refractivity contribution is 0.203. The average molecular weight is 246 g/mol. The molecule has 0 aromatic heterocycles. The first kappa shape index (κ1) is 14.2. The Labute approximate surface area is 108 Å². The number of aliphatic hydroxyl groups is 1. The minimum atomic E-state index is 0.106. The molecule has 0 unspecified atom stereocenters. The Kier molecular flexibility index (Phi) is 5.92. The third-order valence-corrected chi connectivity index (χ3v) is 2.59. The predicted molar refractivity (Wildman–Crippen MR) is 70.3 cm³/mol. The van der Waals surface area contributed by atoms with Crippen LogP contribution in [0.4, 0.5) is 0 Å². The van der Waals surface area contributed by atoms with Crippen molar-refractivity contribution in [3.63, 3.8) is 0 Å². The second-order valence-corrected chi connectivity index (χ2v) is 3.89. The summed E-state index contributed by atoms with van der Waals surface area (Å²) in [6, 6.07) is 7.64. The predicted octanol–water partition coefficient (Wildman–Crippen LogP) is 1.55. The van der Waals surface area contributed by atoms with Crippen molar-refractivity contribution >= 4 is 0 Å². The van der Waals surface area contributed by atoms with Crippen molar-refractivity contribution in [1.82, 2.24) is 4.90 Å². The molecule has 0 saturated heterocycles. The Morgan fingerprint density at radius 2 is 2.33 bits per heavy atom. The molecule has 0 bridgehead atoms. The molecule has 0 aliphatic carbocycles. The average Bonchev–Trinajstić information content (AvgIpc) is 2.39. The molecular formula is C14H18N2O2. The fraction of sp³-hybridized carbons (Fsp3) is 0.357. The molecule has 0 spiro atoms. The van der Waals surface area contributed by atoms with E-state index in [1.54, 1.807) is 19.3 Å². The topological polar surface area (TPSA) is 56.5 Å². The van der Waals surface area contributed by atoms with Crippen molar-refractivity contribution in [2.75, 3.05) is 26.8 Å². The summed E-state index contributed by atoms with van der Waals surface area (Å²) < 4.78 is 5.10. The van der Waals surface area contributed by atoms with Crippen molar-refractivity contribution in [1.29, 1.82) is 5.26 Å². The van der Waals surface area contributed by atoms with Crippen LogP contribution in [0, 0.1) is 11.3 Å². The summed E-state index contributed by atoms with van der Waals surface area (Å²) in [5.41, 5.74) is 1.54. The molecule has 1 aromatic carbocycles. The Hall–Kier alpha value is -1.83. The number of aliphatic hydroxyl groups excluding tert-OH is 1. The van der Waals surface area contributed by atoms with Crippen LogP contribution >= 0.6 is 0 Å². The van der Waals surface area contributed by atoms with Crippen LogP contribution < -0.4 is 4.74 Å². The molecule has 96 valence electrons. The van der Waals surface area contributed by atoms with Gasteiger partial charge >= 0.3 is 0 Å². The summed E-state index contributed by atoms with van der Waals surface area (Å²) in [5.74, 6) is 0.582. The number of nitrogens with zero attached hydrogens (tertiary/aromatic N) is 2. The molecule has 1 N–H and O–H groups in total. The Bertz CT molecular complexity index is 438. The van der Waals surface area contributed by atoms with E-state index in [9.17, 15) is 0 Å². The molecule has 0 radical (unpaired) electrons. The second kappa shape index (κ2) is 7.49. The van der Waals surface area contributed by atoms with E-state index in [0.29, 0.717) is 30.9 Å². The van der Waals surface area contributed by atoms with Gasteiger partial charge in [-0.25, -0.2) is 0 Å². The summed E-state index contributed by atoms with van der Waals surface area (Å²) in [6.45, 7) is 5.75. The fourth-order valence-corrected chi connectivity index (χ4v) is 1.76. The van der Waals surface area contributed by atoms with E-state index in [-0.39, 0.29) is 6.61 Å². The minimum Gasteiger partial charge on any atom is -0.495 e. The normalized spacial score (nSPS) is 10.1. The highest BCUT2D eigenvalue weighted by Crippen LogP contribution is 2.19. The number of hydrogen-bond donors (Lipinski definition) is 1. The zero-order valence-corrected chi connectivity index (χ0v) is 10.6. The lowest BCUT2D eigenvalue weighted by Crippen LogP contribution is -2.26. The van der Waals surface area contributed by atoms with Gasteiger partial charge in [-0.15, -0.1) is 6.58 Å². The molecule has 0 saturated carbocycles. The molecule has 0 amide bonds. The maximum Gasteiger partial charge on any atom is 0.136 e. The van der Waals surface area contributed by atoms with E-state index in [4.69, 9.17) is 15.1 Å². The van der Waals surface area contributed by atoms with Crippen LogP contribution in [0.3, 0.4) is 0 Å². The molecule has 0 heterocycles. The quantitative estimate of drug-likeness (QED) is 0.742. The number of ether oxygens (including phenoxy) is 1. The maximum absolute atomic E-state index is 9.02. The minimum absolute atomic E-state index is 0.106. The van der Waals surface area contributed by atoms with E-state index in [2.05, 4.69) is 17.5 Å². The van der Waals surface area contributed by atoms with E-state index in [1.807, 2.05) is 12.1 Å². The molecule has 4 heteroatoms. The van der Waals surface area contributed by atoms with Crippen LogP contribution in [0.2, 0.25) is 0 Å². The number of hydrogen-bond acceptors (Lipinski definition) is 4. The van der Waals surface area contributed by atoms with Crippen molar-refractivity contribution in [2.45, 2.75) is 6.54 Å². The highest BCUT2D eigenvalue weighted by atomic mass is 16.5. The van der Waals surface area contributed by atoms with E-state index in [0.717, 1.165) is 5.56 Å². The van der Waals surface area contributed by atoms with Gasteiger partial charge in [-0.05, 0) is 17.7 Å². The lowest BCUT2D eigenvalue weighted by atomic mass is 10.1. The highest BCUT2D eigenvalue weighted by Gasteiger charge is 2.07. The number of rotatable bonds is 7. The summed E-state index contributed by atoms with van der Waals surface area (Å²) in [4.78, 5) is 2.05. The number of methoxy groups -OCH3 is 1. The Balaban J connectivity index is 2.83. The lowest BCUT2D eigenvalue weighted by Gasteiger charge is -2.19. The van der Waals surface area contributed by atoms with Gasteiger partial charge in [-0.3, -0.25) is 4.90 Å². The standard InChI is InChI=1S/C14H18N2O2/c1-3-6-16(7-8-17)11-12-4-5-14(18-2)13(9-12)10-15/h3-5,9,17H,1,6-8,11H2,2H3. The van der Waals surface area contributed by atoms with E-state index in [1.165, 1.54) is 0 Å². The number of nitriles is 1. The largest absolute Gasteiger partial charge is 0.495 e. The monoisotopic (exact) mass is 246 g/mol. The third kappa shape index (κ3) is 3.88. The third-order valence-electron chi connectivity index (χ3n) is 2.59. The first-order valence-corrected chi connectivity index (χ1v) is 5.76. The Morgan fingerprint density at radius 3 is 2.89 bits per heavy atom. The van der Waals surface area contributed by atoms with Crippen molar-refractivity contribution in [3.05, 3.63) is 42.0 Å². The number of benzene rings is 1. The molecule has 0 atom stereocenters. The van der Waals surface area contributed by atoms with Crippen molar-refractivity contribution in [2.24, 2.45) is 0 Å². The van der Waals surface area contributed by atoms with Crippen molar-refractivity contribution < 1.29 is 9.84 Å². The molecule has 1 aromatic rings. The molecular weight excluding hydrogens is 228 g/mol. The van der Waals surface area contributed by atoms with Gasteiger partial charge in [0.15, 0.2) is 0 Å². The van der Waals surface area contributed by atoms with Crippen LogP contribution in [0.15, 0.2) is 30.9 Å². The van der Waals surface area contributed by atoms with Gasteiger partial charge in [-0.1, -0.05) is 12.1 Å². The molecule has 0 fully saturated rings. The molecule has 1 rings (SSSR count).